The number of non-ortho nitro benzene ring substituents is 1. The third-order valence-electron chi connectivity index (χ3n) is 2.86. The molecule has 0 saturated heterocycles. The fourth-order valence-electron chi connectivity index (χ4n) is 1.57. The number of nitrogens with two attached hydrogens (primary N) is 1. The average Bonchev–Trinajstić information content (AvgIpc) is 2.45. The zero-order valence-electron chi connectivity index (χ0n) is 11.7. The summed E-state index contributed by atoms with van der Waals surface area (Å²) in [6.45, 7) is 2.28. The van der Waals surface area contributed by atoms with E-state index in [-0.39, 0.29) is 22.8 Å². The van der Waals surface area contributed by atoms with Crippen LogP contribution in [0, 0.1) is 10.1 Å². The Bertz CT molecular complexity index is 606. The van der Waals surface area contributed by atoms with Crippen LogP contribution in [0.5, 0.6) is 0 Å². The monoisotopic (exact) mass is 334 g/mol. The van der Waals surface area contributed by atoms with Gasteiger partial charge in [-0.2, -0.15) is 11.8 Å². The lowest BCUT2D eigenvalue weighted by Crippen LogP contribution is -2.27. The van der Waals surface area contributed by atoms with Crippen molar-refractivity contribution in [3.05, 3.63) is 28.3 Å². The molecular weight excluding hydrogens is 316 g/mol. The average molecular weight is 334 g/mol. The zero-order chi connectivity index (χ0) is 16.0. The van der Waals surface area contributed by atoms with E-state index in [1.165, 1.54) is 0 Å². The van der Waals surface area contributed by atoms with E-state index < -0.39 is 14.9 Å². The van der Waals surface area contributed by atoms with E-state index >= 15 is 0 Å². The molecule has 1 atom stereocenters. The minimum absolute atomic E-state index is 0.0189. The number of hydrogen-bond acceptors (Lipinski definition) is 7. The number of hydrazine groups is 1. The highest BCUT2D eigenvalue weighted by Crippen LogP contribution is 2.25. The summed E-state index contributed by atoms with van der Waals surface area (Å²) in [5, 5.41) is 11.0. The molecule has 8 nitrogen and oxygen atoms in total. The number of benzene rings is 1. The number of rotatable bonds is 8. The lowest BCUT2D eigenvalue weighted by Gasteiger charge is -2.12. The summed E-state index contributed by atoms with van der Waals surface area (Å²) < 4.78 is 26.8. The molecule has 1 unspecified atom stereocenters. The normalized spacial score (nSPS) is 12.9. The number of hydrogen-bond donors (Lipinski definition) is 3. The summed E-state index contributed by atoms with van der Waals surface area (Å²) in [6.07, 6.45) is 2.63. The molecule has 10 heteroatoms. The second-order valence-corrected chi connectivity index (χ2v) is 7.33. The van der Waals surface area contributed by atoms with Gasteiger partial charge in [-0.25, -0.2) is 13.1 Å². The maximum Gasteiger partial charge on any atom is 0.271 e. The number of sulfonamides is 1. The van der Waals surface area contributed by atoms with Gasteiger partial charge in [0.15, 0.2) is 0 Å². The van der Waals surface area contributed by atoms with Gasteiger partial charge in [0.2, 0.25) is 10.0 Å². The van der Waals surface area contributed by atoms with Crippen LogP contribution in [0.1, 0.15) is 13.3 Å². The van der Waals surface area contributed by atoms with Crippen LogP contribution in [-0.4, -0.2) is 31.4 Å². The molecule has 0 saturated carbocycles. The van der Waals surface area contributed by atoms with Gasteiger partial charge >= 0.3 is 0 Å². The van der Waals surface area contributed by atoms with Gasteiger partial charge in [0.05, 0.1) is 10.6 Å². The lowest BCUT2D eigenvalue weighted by molar-refractivity contribution is -0.384. The molecule has 0 heterocycles. The molecule has 0 bridgehead atoms. The molecule has 1 rings (SSSR count). The van der Waals surface area contributed by atoms with Crippen LogP contribution >= 0.6 is 11.8 Å². The fraction of sp³-hybridized carbons (Fsp3) is 0.455. The van der Waals surface area contributed by atoms with Crippen molar-refractivity contribution in [3.63, 3.8) is 0 Å². The van der Waals surface area contributed by atoms with Crippen LogP contribution in [0.2, 0.25) is 0 Å². The first-order chi connectivity index (χ1) is 9.81. The minimum atomic E-state index is -3.77. The topological polar surface area (TPSA) is 127 Å². The van der Waals surface area contributed by atoms with Gasteiger partial charge < -0.3 is 5.43 Å². The van der Waals surface area contributed by atoms with Crippen molar-refractivity contribution in [2.24, 2.45) is 5.84 Å². The Kier molecular flexibility index (Phi) is 6.40. The molecule has 0 aromatic heterocycles. The summed E-state index contributed by atoms with van der Waals surface area (Å²) in [5.41, 5.74) is 1.92. The Labute approximate surface area is 127 Å². The highest BCUT2D eigenvalue weighted by Gasteiger charge is 2.21. The molecule has 0 fully saturated rings. The van der Waals surface area contributed by atoms with E-state index in [0.717, 1.165) is 18.2 Å². The summed E-state index contributed by atoms with van der Waals surface area (Å²) in [5.74, 6) is 5.25. The van der Waals surface area contributed by atoms with Crippen LogP contribution in [0.15, 0.2) is 23.1 Å². The van der Waals surface area contributed by atoms with Crippen molar-refractivity contribution in [2.75, 3.05) is 18.2 Å². The van der Waals surface area contributed by atoms with E-state index in [0.29, 0.717) is 11.7 Å². The largest absolute Gasteiger partial charge is 0.323 e. The third-order valence-corrected chi connectivity index (χ3v) is 5.42. The Hall–Kier alpha value is -1.36. The Balaban J connectivity index is 2.95. The smallest absolute Gasteiger partial charge is 0.271 e. The van der Waals surface area contributed by atoms with Crippen LogP contribution in [0.4, 0.5) is 11.4 Å². The summed E-state index contributed by atoms with van der Waals surface area (Å²) in [7, 11) is -3.77. The van der Waals surface area contributed by atoms with Gasteiger partial charge in [0, 0.05) is 23.9 Å². The first-order valence-corrected chi connectivity index (χ1v) is 8.86. The number of nitrogens with zero attached hydrogens (tertiary/aromatic N) is 1. The minimum Gasteiger partial charge on any atom is -0.323 e. The molecule has 0 aliphatic heterocycles. The second kappa shape index (κ2) is 7.59. The van der Waals surface area contributed by atoms with E-state index in [1.54, 1.807) is 11.8 Å². The van der Waals surface area contributed by atoms with Crippen molar-refractivity contribution in [1.29, 1.82) is 0 Å². The number of nitro benzene ring substituents is 1. The van der Waals surface area contributed by atoms with Crippen molar-refractivity contribution >= 4 is 33.2 Å². The zero-order valence-corrected chi connectivity index (χ0v) is 13.3. The second-order valence-electron chi connectivity index (χ2n) is 4.31. The maximum atomic E-state index is 12.2. The molecule has 118 valence electrons. The van der Waals surface area contributed by atoms with Crippen LogP contribution in [0.25, 0.3) is 0 Å². The van der Waals surface area contributed by atoms with E-state index in [9.17, 15) is 18.5 Å². The van der Waals surface area contributed by atoms with E-state index in [4.69, 9.17) is 5.84 Å². The van der Waals surface area contributed by atoms with E-state index in [2.05, 4.69) is 10.1 Å². The number of thioether (sulfide) groups is 1. The molecular formula is C11H18N4O4S2. The molecule has 0 amide bonds. The lowest BCUT2D eigenvalue weighted by atomic mass is 10.3. The van der Waals surface area contributed by atoms with E-state index in [1.807, 2.05) is 13.2 Å². The molecule has 1 aromatic rings. The van der Waals surface area contributed by atoms with Crippen molar-refractivity contribution in [3.8, 4) is 0 Å². The highest BCUT2D eigenvalue weighted by atomic mass is 32.2. The SMILES string of the molecule is CSC(C)CCNS(=O)(=O)c1ccc([N+](=O)[O-])cc1NN. The molecule has 0 radical (unpaired) electrons. The predicted molar refractivity (Wildman–Crippen MR) is 83.7 cm³/mol. The first kappa shape index (κ1) is 17.7. The van der Waals surface area contributed by atoms with Crippen molar-refractivity contribution in [1.82, 2.24) is 4.72 Å². The van der Waals surface area contributed by atoms with Crippen molar-refractivity contribution < 1.29 is 13.3 Å². The molecule has 0 aliphatic carbocycles. The van der Waals surface area contributed by atoms with Gasteiger partial charge in [-0.3, -0.25) is 16.0 Å². The standard InChI is InChI=1S/C11H18N4O4S2/c1-8(20-2)5-6-13-21(18,19)11-4-3-9(15(16)17)7-10(11)14-12/h3-4,7-8,13-14H,5-6,12H2,1-2H3. The molecule has 0 spiro atoms. The Morgan fingerprint density at radius 2 is 2.14 bits per heavy atom. The maximum absolute atomic E-state index is 12.2. The molecule has 1 aromatic carbocycles. The molecule has 21 heavy (non-hydrogen) atoms. The number of anilines is 1. The highest BCUT2D eigenvalue weighted by molar-refractivity contribution is 7.99. The Morgan fingerprint density at radius 3 is 2.67 bits per heavy atom. The molecule has 4 N–H and O–H groups in total. The summed E-state index contributed by atoms with van der Waals surface area (Å²) >= 11 is 1.64. The number of nitro groups is 1. The van der Waals surface area contributed by atoms with Gasteiger partial charge in [-0.05, 0) is 18.7 Å². The quantitative estimate of drug-likeness (QED) is 0.371. The van der Waals surface area contributed by atoms with Crippen LogP contribution < -0.4 is 16.0 Å². The van der Waals surface area contributed by atoms with Gasteiger partial charge in [0.1, 0.15) is 4.90 Å². The Morgan fingerprint density at radius 1 is 1.48 bits per heavy atom. The summed E-state index contributed by atoms with van der Waals surface area (Å²) in [4.78, 5) is 9.94. The number of nitrogen functional groups attached to an aromatic ring is 1. The first-order valence-electron chi connectivity index (χ1n) is 6.09. The van der Waals surface area contributed by atoms with Crippen LogP contribution in [0.3, 0.4) is 0 Å². The number of nitrogens with one attached hydrogen (secondary N) is 2. The van der Waals surface area contributed by atoms with Crippen molar-refractivity contribution in [2.45, 2.75) is 23.5 Å². The summed E-state index contributed by atoms with van der Waals surface area (Å²) in [6, 6.07) is 3.37. The fourth-order valence-corrected chi connectivity index (χ4v) is 3.12. The van der Waals surface area contributed by atoms with Crippen LogP contribution in [-0.2, 0) is 10.0 Å². The predicted octanol–water partition coefficient (Wildman–Crippen LogP) is 1.30. The third kappa shape index (κ3) is 4.84. The molecule has 0 aliphatic rings. The van der Waals surface area contributed by atoms with Gasteiger partial charge in [-0.1, -0.05) is 6.92 Å². The van der Waals surface area contributed by atoms with Gasteiger partial charge in [0.25, 0.3) is 5.69 Å². The van der Waals surface area contributed by atoms with Gasteiger partial charge in [-0.15, -0.1) is 0 Å².